The molecule has 0 N–H and O–H groups in total. The molecule has 0 aliphatic heterocycles. The van der Waals surface area contributed by atoms with E-state index >= 15 is 0 Å². The zero-order chi connectivity index (χ0) is 27.2. The minimum absolute atomic E-state index is 0.0473. The molecule has 3 aromatic carbocycles. The van der Waals surface area contributed by atoms with Crippen LogP contribution in [0, 0.1) is 10.1 Å². The summed E-state index contributed by atoms with van der Waals surface area (Å²) in [6, 6.07) is 19.6. The quantitative estimate of drug-likeness (QED) is 0.177. The van der Waals surface area contributed by atoms with Gasteiger partial charge in [0.15, 0.2) is 5.69 Å². The average Bonchev–Trinajstić information content (AvgIpc) is 3.36. The standard InChI is InChI=1S/C27H23N3O8/c1-35-22-14-9-17(15-18(22)16-38-21-12-10-20(11-13-21)30(33)34)24-23(26(31)36-2)25(27(32)37-3)29(28-24)19-7-5-4-6-8-19/h4-15H,16H2,1-3H3. The molecular formula is C27H23N3O8. The third kappa shape index (κ3) is 5.16. The molecule has 0 unspecified atom stereocenters. The second-order valence-electron chi connectivity index (χ2n) is 7.87. The summed E-state index contributed by atoms with van der Waals surface area (Å²) in [7, 11) is 3.93. The van der Waals surface area contributed by atoms with Crippen LogP contribution in [0.1, 0.15) is 26.4 Å². The van der Waals surface area contributed by atoms with Crippen molar-refractivity contribution in [2.75, 3.05) is 21.3 Å². The largest absolute Gasteiger partial charge is 0.496 e. The van der Waals surface area contributed by atoms with E-state index in [9.17, 15) is 19.7 Å². The van der Waals surface area contributed by atoms with Crippen molar-refractivity contribution in [2.24, 2.45) is 0 Å². The van der Waals surface area contributed by atoms with Gasteiger partial charge in [0.2, 0.25) is 0 Å². The molecule has 4 aromatic rings. The Morgan fingerprint density at radius 3 is 2.21 bits per heavy atom. The zero-order valence-electron chi connectivity index (χ0n) is 20.7. The minimum atomic E-state index is -0.762. The Morgan fingerprint density at radius 1 is 0.921 bits per heavy atom. The number of esters is 2. The number of methoxy groups -OCH3 is 3. The van der Waals surface area contributed by atoms with E-state index in [0.29, 0.717) is 28.3 Å². The van der Waals surface area contributed by atoms with Gasteiger partial charge in [-0.3, -0.25) is 10.1 Å². The number of para-hydroxylation sites is 1. The smallest absolute Gasteiger partial charge is 0.357 e. The lowest BCUT2D eigenvalue weighted by Gasteiger charge is -2.12. The molecule has 38 heavy (non-hydrogen) atoms. The lowest BCUT2D eigenvalue weighted by molar-refractivity contribution is -0.384. The number of non-ortho nitro benzene ring substituents is 1. The number of nitro benzene ring substituents is 1. The lowest BCUT2D eigenvalue weighted by Crippen LogP contribution is -2.15. The topological polar surface area (TPSA) is 132 Å². The first kappa shape index (κ1) is 25.9. The molecule has 4 rings (SSSR count). The van der Waals surface area contributed by atoms with Gasteiger partial charge < -0.3 is 18.9 Å². The summed E-state index contributed by atoms with van der Waals surface area (Å²) in [6.45, 7) is 0.0473. The van der Waals surface area contributed by atoms with Crippen molar-refractivity contribution < 1.29 is 33.5 Å². The van der Waals surface area contributed by atoms with Crippen LogP contribution >= 0.6 is 0 Å². The fourth-order valence-corrected chi connectivity index (χ4v) is 3.82. The number of carbonyl (C=O) groups is 2. The average molecular weight is 517 g/mol. The molecule has 0 saturated heterocycles. The maximum absolute atomic E-state index is 12.9. The number of aromatic nitrogens is 2. The van der Waals surface area contributed by atoms with Gasteiger partial charge in [-0.05, 0) is 42.5 Å². The highest BCUT2D eigenvalue weighted by atomic mass is 16.6. The molecule has 0 amide bonds. The molecule has 0 aliphatic carbocycles. The van der Waals surface area contributed by atoms with E-state index in [1.54, 1.807) is 42.5 Å². The second-order valence-corrected chi connectivity index (χ2v) is 7.87. The Kier molecular flexibility index (Phi) is 7.66. The monoisotopic (exact) mass is 517 g/mol. The third-order valence-corrected chi connectivity index (χ3v) is 5.65. The first-order chi connectivity index (χ1) is 18.4. The van der Waals surface area contributed by atoms with Crippen LogP contribution < -0.4 is 9.47 Å². The highest BCUT2D eigenvalue weighted by Gasteiger charge is 2.31. The van der Waals surface area contributed by atoms with Crippen LogP contribution in [-0.2, 0) is 16.1 Å². The summed E-state index contributed by atoms with van der Waals surface area (Å²) >= 11 is 0. The van der Waals surface area contributed by atoms with E-state index < -0.39 is 16.9 Å². The summed E-state index contributed by atoms with van der Waals surface area (Å²) < 4.78 is 22.6. The number of rotatable bonds is 9. The van der Waals surface area contributed by atoms with Gasteiger partial charge in [0.25, 0.3) is 5.69 Å². The second kappa shape index (κ2) is 11.2. The molecule has 0 saturated carbocycles. The van der Waals surface area contributed by atoms with Crippen molar-refractivity contribution >= 4 is 17.6 Å². The first-order valence-corrected chi connectivity index (χ1v) is 11.3. The number of hydrogen-bond acceptors (Lipinski definition) is 9. The predicted molar refractivity (Wildman–Crippen MR) is 136 cm³/mol. The zero-order valence-corrected chi connectivity index (χ0v) is 20.7. The minimum Gasteiger partial charge on any atom is -0.496 e. The Labute approximate surface area is 217 Å². The van der Waals surface area contributed by atoms with Gasteiger partial charge in [-0.25, -0.2) is 14.3 Å². The molecule has 0 aliphatic rings. The summed E-state index contributed by atoms with van der Waals surface area (Å²) in [5, 5.41) is 15.5. The predicted octanol–water partition coefficient (Wildman–Crippen LogP) is 4.61. The van der Waals surface area contributed by atoms with Crippen LogP contribution in [0.2, 0.25) is 0 Å². The SMILES string of the molecule is COC(=O)c1c(-c2ccc(OC)c(COc3ccc([N+](=O)[O-])cc3)c2)nn(-c2ccccc2)c1C(=O)OC. The van der Waals surface area contributed by atoms with Crippen LogP contribution in [0.4, 0.5) is 5.69 Å². The van der Waals surface area contributed by atoms with E-state index in [1.165, 1.54) is 50.3 Å². The van der Waals surface area contributed by atoms with Crippen LogP contribution in [0.25, 0.3) is 16.9 Å². The normalized spacial score (nSPS) is 10.5. The molecular weight excluding hydrogens is 494 g/mol. The molecule has 0 radical (unpaired) electrons. The van der Waals surface area contributed by atoms with Gasteiger partial charge in [0, 0.05) is 23.3 Å². The van der Waals surface area contributed by atoms with Crippen molar-refractivity contribution in [1.82, 2.24) is 9.78 Å². The Hall–Kier alpha value is -5.19. The van der Waals surface area contributed by atoms with Crippen LogP contribution in [0.3, 0.4) is 0 Å². The maximum atomic E-state index is 12.9. The molecule has 11 heteroatoms. The van der Waals surface area contributed by atoms with E-state index in [0.717, 1.165) is 0 Å². The fourth-order valence-electron chi connectivity index (χ4n) is 3.82. The van der Waals surface area contributed by atoms with Crippen molar-refractivity contribution in [2.45, 2.75) is 6.61 Å². The van der Waals surface area contributed by atoms with E-state index in [1.807, 2.05) is 6.07 Å². The Bertz CT molecular complexity index is 1480. The molecule has 0 spiro atoms. The summed E-state index contributed by atoms with van der Waals surface area (Å²) in [5.41, 5.74) is 1.64. The number of nitrogens with zero attached hydrogens (tertiary/aromatic N) is 3. The molecule has 0 atom stereocenters. The Morgan fingerprint density at radius 2 is 1.61 bits per heavy atom. The molecule has 0 bridgehead atoms. The van der Waals surface area contributed by atoms with Crippen LogP contribution in [-0.4, -0.2) is 48.0 Å². The molecule has 11 nitrogen and oxygen atoms in total. The number of benzene rings is 3. The summed E-state index contributed by atoms with van der Waals surface area (Å²) in [6.07, 6.45) is 0. The van der Waals surface area contributed by atoms with Gasteiger partial charge in [0.1, 0.15) is 29.4 Å². The molecule has 194 valence electrons. The van der Waals surface area contributed by atoms with Gasteiger partial charge in [-0.2, -0.15) is 5.10 Å². The molecule has 0 fully saturated rings. The van der Waals surface area contributed by atoms with Gasteiger partial charge in [0.05, 0.1) is 31.9 Å². The van der Waals surface area contributed by atoms with Crippen molar-refractivity contribution in [3.63, 3.8) is 0 Å². The first-order valence-electron chi connectivity index (χ1n) is 11.3. The van der Waals surface area contributed by atoms with E-state index in [-0.39, 0.29) is 29.2 Å². The van der Waals surface area contributed by atoms with Crippen molar-refractivity contribution in [3.8, 4) is 28.4 Å². The lowest BCUT2D eigenvalue weighted by atomic mass is 10.0. The summed E-state index contributed by atoms with van der Waals surface area (Å²) in [4.78, 5) is 36.1. The highest BCUT2D eigenvalue weighted by molar-refractivity contribution is 6.06. The highest BCUT2D eigenvalue weighted by Crippen LogP contribution is 2.33. The van der Waals surface area contributed by atoms with Gasteiger partial charge >= 0.3 is 11.9 Å². The Balaban J connectivity index is 1.80. The van der Waals surface area contributed by atoms with Gasteiger partial charge in [-0.15, -0.1) is 0 Å². The number of nitro groups is 1. The van der Waals surface area contributed by atoms with E-state index in [2.05, 4.69) is 5.10 Å². The fraction of sp³-hybridized carbons (Fsp3) is 0.148. The number of hydrogen-bond donors (Lipinski definition) is 0. The van der Waals surface area contributed by atoms with Crippen LogP contribution in [0.15, 0.2) is 72.8 Å². The van der Waals surface area contributed by atoms with Crippen molar-refractivity contribution in [1.29, 1.82) is 0 Å². The molecule has 1 aromatic heterocycles. The van der Waals surface area contributed by atoms with E-state index in [4.69, 9.17) is 18.9 Å². The molecule has 1 heterocycles. The number of ether oxygens (including phenoxy) is 4. The van der Waals surface area contributed by atoms with Gasteiger partial charge in [-0.1, -0.05) is 18.2 Å². The third-order valence-electron chi connectivity index (χ3n) is 5.65. The maximum Gasteiger partial charge on any atom is 0.357 e. The number of carbonyl (C=O) groups excluding carboxylic acids is 2. The van der Waals surface area contributed by atoms with Crippen LogP contribution in [0.5, 0.6) is 11.5 Å². The summed E-state index contributed by atoms with van der Waals surface area (Å²) in [5.74, 6) is -0.601. The van der Waals surface area contributed by atoms with Crippen molar-refractivity contribution in [3.05, 3.63) is 99.7 Å².